The van der Waals surface area contributed by atoms with Crippen molar-refractivity contribution < 1.29 is 5.11 Å². The number of hydrogen-bond donors (Lipinski definition) is 1. The van der Waals surface area contributed by atoms with E-state index in [9.17, 15) is 5.11 Å². The van der Waals surface area contributed by atoms with Gasteiger partial charge < -0.3 is 5.11 Å². The summed E-state index contributed by atoms with van der Waals surface area (Å²) in [6.45, 7) is 6.98. The van der Waals surface area contributed by atoms with Gasteiger partial charge in [0.2, 0.25) is 0 Å². The first-order valence-electron chi connectivity index (χ1n) is 7.33. The molecule has 1 aliphatic rings. The van der Waals surface area contributed by atoms with Crippen molar-refractivity contribution in [3.8, 4) is 0 Å². The monoisotopic (exact) mass is 258 g/mol. The van der Waals surface area contributed by atoms with E-state index in [0.29, 0.717) is 4.75 Å². The molecule has 0 bridgehead atoms. The molecule has 0 amide bonds. The summed E-state index contributed by atoms with van der Waals surface area (Å²) in [7, 11) is 0. The zero-order valence-electron chi connectivity index (χ0n) is 11.9. The highest BCUT2D eigenvalue weighted by Crippen LogP contribution is 2.34. The van der Waals surface area contributed by atoms with Crippen LogP contribution in [0.25, 0.3) is 0 Å². The van der Waals surface area contributed by atoms with Crippen molar-refractivity contribution in [3.63, 3.8) is 0 Å². The van der Waals surface area contributed by atoms with Gasteiger partial charge in [0.25, 0.3) is 0 Å². The molecule has 0 aliphatic heterocycles. The van der Waals surface area contributed by atoms with Gasteiger partial charge in [-0.3, -0.25) is 0 Å². The van der Waals surface area contributed by atoms with E-state index in [1.807, 2.05) is 0 Å². The molecule has 0 aromatic carbocycles. The van der Waals surface area contributed by atoms with Crippen molar-refractivity contribution in [2.24, 2.45) is 0 Å². The van der Waals surface area contributed by atoms with Crippen LogP contribution in [0.1, 0.15) is 78.6 Å². The second kappa shape index (κ2) is 7.68. The van der Waals surface area contributed by atoms with E-state index in [0.717, 1.165) is 18.1 Å². The normalized spacial score (nSPS) is 29.6. The van der Waals surface area contributed by atoms with Crippen molar-refractivity contribution in [1.82, 2.24) is 0 Å². The van der Waals surface area contributed by atoms with Crippen LogP contribution in [0.5, 0.6) is 0 Å². The number of thioether (sulfide) groups is 1. The van der Waals surface area contributed by atoms with Gasteiger partial charge in [0.15, 0.2) is 0 Å². The van der Waals surface area contributed by atoms with E-state index in [2.05, 4.69) is 32.5 Å². The molecule has 0 radical (unpaired) electrons. The maximum absolute atomic E-state index is 9.77. The molecule has 2 heteroatoms. The van der Waals surface area contributed by atoms with E-state index >= 15 is 0 Å². The van der Waals surface area contributed by atoms with Crippen LogP contribution in [-0.4, -0.2) is 21.2 Å². The number of hydrogen-bond acceptors (Lipinski definition) is 2. The average Bonchev–Trinajstić information content (AvgIpc) is 2.24. The molecule has 102 valence electrons. The smallest absolute Gasteiger partial charge is 0.0540 e. The minimum Gasteiger partial charge on any atom is -0.393 e. The Morgan fingerprint density at radius 1 is 0.824 bits per heavy atom. The lowest BCUT2D eigenvalue weighted by molar-refractivity contribution is 0.148. The van der Waals surface area contributed by atoms with E-state index in [1.165, 1.54) is 44.9 Å². The molecule has 17 heavy (non-hydrogen) atoms. The van der Waals surface area contributed by atoms with Gasteiger partial charge >= 0.3 is 0 Å². The highest BCUT2D eigenvalue weighted by atomic mass is 32.2. The lowest BCUT2D eigenvalue weighted by Crippen LogP contribution is -2.16. The van der Waals surface area contributed by atoms with Crippen molar-refractivity contribution in [1.29, 1.82) is 0 Å². The largest absolute Gasteiger partial charge is 0.393 e. The molecule has 1 N–H and O–H groups in total. The molecule has 1 saturated carbocycles. The number of aliphatic hydroxyl groups is 1. The first-order valence-corrected chi connectivity index (χ1v) is 8.21. The van der Waals surface area contributed by atoms with E-state index < -0.39 is 0 Å². The summed E-state index contributed by atoms with van der Waals surface area (Å²) in [5.41, 5.74) is 0. The molecule has 1 fully saturated rings. The molecule has 0 spiro atoms. The van der Waals surface area contributed by atoms with Crippen LogP contribution in [0.15, 0.2) is 0 Å². The molecule has 1 rings (SSSR count). The van der Waals surface area contributed by atoms with Crippen LogP contribution in [0.2, 0.25) is 0 Å². The minimum atomic E-state index is -0.0261. The van der Waals surface area contributed by atoms with E-state index in [-0.39, 0.29) is 6.10 Å². The highest BCUT2D eigenvalue weighted by molar-refractivity contribution is 8.01. The summed E-state index contributed by atoms with van der Waals surface area (Å²) in [6.07, 6.45) is 11.1. The fourth-order valence-corrected chi connectivity index (χ4v) is 4.16. The molecule has 0 heterocycles. The summed E-state index contributed by atoms with van der Waals surface area (Å²) < 4.78 is 0.393. The van der Waals surface area contributed by atoms with Crippen molar-refractivity contribution in [3.05, 3.63) is 0 Å². The Kier molecular flexibility index (Phi) is 6.94. The lowest BCUT2D eigenvalue weighted by atomic mass is 10.1. The Balaban J connectivity index is 2.37. The Labute approximate surface area is 112 Å². The van der Waals surface area contributed by atoms with Crippen LogP contribution in [0.3, 0.4) is 0 Å². The molecule has 0 saturated heterocycles. The molecular weight excluding hydrogens is 228 g/mol. The molecule has 2 atom stereocenters. The van der Waals surface area contributed by atoms with Crippen LogP contribution in [0.4, 0.5) is 0 Å². The third-order valence-electron chi connectivity index (χ3n) is 3.40. The summed E-state index contributed by atoms with van der Waals surface area (Å²) in [5, 5.41) is 10.6. The predicted molar refractivity (Wildman–Crippen MR) is 78.7 cm³/mol. The second-order valence-electron chi connectivity index (χ2n) is 6.43. The molecule has 1 nitrogen and oxygen atoms in total. The van der Waals surface area contributed by atoms with Gasteiger partial charge in [-0.25, -0.2) is 0 Å². The van der Waals surface area contributed by atoms with Gasteiger partial charge in [0.1, 0.15) is 0 Å². The van der Waals surface area contributed by atoms with E-state index in [4.69, 9.17) is 0 Å². The van der Waals surface area contributed by atoms with Crippen molar-refractivity contribution >= 4 is 11.8 Å². The van der Waals surface area contributed by atoms with Gasteiger partial charge in [-0.05, 0) is 25.7 Å². The van der Waals surface area contributed by atoms with Crippen LogP contribution in [0, 0.1) is 0 Å². The third kappa shape index (κ3) is 8.10. The second-order valence-corrected chi connectivity index (χ2v) is 8.56. The first kappa shape index (κ1) is 15.4. The zero-order valence-corrected chi connectivity index (χ0v) is 12.7. The minimum absolute atomic E-state index is 0.0261. The van der Waals surface area contributed by atoms with Crippen LogP contribution < -0.4 is 0 Å². The van der Waals surface area contributed by atoms with Gasteiger partial charge in [-0.2, -0.15) is 11.8 Å². The average molecular weight is 258 g/mol. The maximum Gasteiger partial charge on any atom is 0.0540 e. The number of rotatable bonds is 1. The molecule has 0 aromatic rings. The van der Waals surface area contributed by atoms with Crippen molar-refractivity contribution in [2.75, 3.05) is 0 Å². The zero-order chi connectivity index (χ0) is 12.7. The lowest BCUT2D eigenvalue weighted by Gasteiger charge is -2.25. The van der Waals surface area contributed by atoms with Gasteiger partial charge in [0, 0.05) is 10.00 Å². The maximum atomic E-state index is 9.77. The van der Waals surface area contributed by atoms with Gasteiger partial charge in [-0.1, -0.05) is 52.9 Å². The summed E-state index contributed by atoms with van der Waals surface area (Å²) in [4.78, 5) is 0. The topological polar surface area (TPSA) is 20.2 Å². The third-order valence-corrected chi connectivity index (χ3v) is 4.91. The first-order chi connectivity index (χ1) is 7.97. The number of aliphatic hydroxyl groups excluding tert-OH is 1. The summed E-state index contributed by atoms with van der Waals surface area (Å²) in [6, 6.07) is 0. The summed E-state index contributed by atoms with van der Waals surface area (Å²) in [5.74, 6) is 0. The Morgan fingerprint density at radius 2 is 1.29 bits per heavy atom. The fraction of sp³-hybridized carbons (Fsp3) is 1.00. The highest BCUT2D eigenvalue weighted by Gasteiger charge is 2.19. The molecule has 1 aliphatic carbocycles. The Bertz CT molecular complexity index is 198. The van der Waals surface area contributed by atoms with Crippen LogP contribution >= 0.6 is 11.8 Å². The quantitative estimate of drug-likeness (QED) is 0.731. The van der Waals surface area contributed by atoms with Gasteiger partial charge in [-0.15, -0.1) is 0 Å². The van der Waals surface area contributed by atoms with Crippen LogP contribution in [-0.2, 0) is 0 Å². The van der Waals surface area contributed by atoms with E-state index in [1.54, 1.807) is 0 Å². The molecular formula is C15H30OS. The van der Waals surface area contributed by atoms with Gasteiger partial charge in [0.05, 0.1) is 6.10 Å². The Morgan fingerprint density at radius 3 is 1.88 bits per heavy atom. The summed E-state index contributed by atoms with van der Waals surface area (Å²) >= 11 is 2.16. The standard InChI is InChI=1S/C15H30OS/c1-15(2,3)17-14-11-6-4-5-9-13(16)10-7-8-12-14/h13-14,16H,4-12H2,1-3H3. The SMILES string of the molecule is CC(C)(C)SC1CCCCCC(O)CCCC1. The predicted octanol–water partition coefficient (Wildman–Crippen LogP) is 4.77. The molecule has 2 unspecified atom stereocenters. The fourth-order valence-electron chi connectivity index (χ4n) is 2.59. The Hall–Kier alpha value is 0.310. The molecule has 0 aromatic heterocycles. The van der Waals surface area contributed by atoms with Crippen molar-refractivity contribution in [2.45, 2.75) is 94.7 Å².